The fourth-order valence-corrected chi connectivity index (χ4v) is 1.49. The summed E-state index contributed by atoms with van der Waals surface area (Å²) >= 11 is 0. The van der Waals surface area contributed by atoms with Gasteiger partial charge in [-0.25, -0.2) is 4.98 Å². The van der Waals surface area contributed by atoms with Gasteiger partial charge in [-0.2, -0.15) is 0 Å². The van der Waals surface area contributed by atoms with E-state index in [1.807, 2.05) is 0 Å². The lowest BCUT2D eigenvalue weighted by Crippen LogP contribution is -2.22. The highest BCUT2D eigenvalue weighted by Gasteiger charge is 2.37. The van der Waals surface area contributed by atoms with Crippen molar-refractivity contribution in [1.29, 1.82) is 0 Å². The van der Waals surface area contributed by atoms with Crippen molar-refractivity contribution in [3.05, 3.63) is 17.8 Å². The Kier molecular flexibility index (Phi) is 2.35. The molecule has 2 N–H and O–H groups in total. The molecule has 0 atom stereocenters. The molecule has 1 aliphatic rings. The summed E-state index contributed by atoms with van der Waals surface area (Å²) in [5.41, 5.74) is 7.17. The summed E-state index contributed by atoms with van der Waals surface area (Å²) in [6.07, 6.45) is 6.09. The summed E-state index contributed by atoms with van der Waals surface area (Å²) in [5.74, 6) is 1.21. The van der Waals surface area contributed by atoms with Crippen LogP contribution in [0.4, 0.5) is 0 Å². The van der Waals surface area contributed by atoms with E-state index < -0.39 is 0 Å². The highest BCUT2D eigenvalue weighted by Crippen LogP contribution is 2.36. The van der Waals surface area contributed by atoms with E-state index in [1.165, 1.54) is 12.8 Å². The average molecular weight is 194 g/mol. The lowest BCUT2D eigenvalue weighted by atomic mass is 10.1. The Bertz CT molecular complexity index is 313. The summed E-state index contributed by atoms with van der Waals surface area (Å²) in [6, 6.07) is 0. The molecule has 0 spiro atoms. The van der Waals surface area contributed by atoms with Gasteiger partial charge >= 0.3 is 0 Å². The molecule has 14 heavy (non-hydrogen) atoms. The lowest BCUT2D eigenvalue weighted by Gasteiger charge is -2.04. The van der Waals surface area contributed by atoms with Crippen LogP contribution >= 0.6 is 0 Å². The molecule has 1 heterocycles. The minimum absolute atomic E-state index is 0.122. The number of hydrogen-bond acceptors (Lipinski definition) is 3. The quantitative estimate of drug-likeness (QED) is 0.799. The first kappa shape index (κ1) is 9.71. The second-order valence-corrected chi connectivity index (χ2v) is 4.69. The van der Waals surface area contributed by atoms with E-state index in [4.69, 9.17) is 10.2 Å². The Morgan fingerprint density at radius 3 is 2.79 bits per heavy atom. The van der Waals surface area contributed by atoms with Crippen molar-refractivity contribution in [2.75, 3.05) is 0 Å². The van der Waals surface area contributed by atoms with Crippen molar-refractivity contribution < 1.29 is 4.42 Å². The predicted molar refractivity (Wildman–Crippen MR) is 55.1 cm³/mol. The van der Waals surface area contributed by atoms with Crippen molar-refractivity contribution >= 4 is 0 Å². The van der Waals surface area contributed by atoms with Crippen LogP contribution in [0, 0.1) is 0 Å². The smallest absolute Gasteiger partial charge is 0.196 e. The maximum Gasteiger partial charge on any atom is 0.196 e. The summed E-state index contributed by atoms with van der Waals surface area (Å²) < 4.78 is 5.36. The molecule has 0 aliphatic heterocycles. The number of aryl methyl sites for hydroxylation is 1. The molecule has 1 saturated carbocycles. The molecule has 0 unspecified atom stereocenters. The van der Waals surface area contributed by atoms with Gasteiger partial charge in [-0.3, -0.25) is 0 Å². The van der Waals surface area contributed by atoms with Gasteiger partial charge in [0.25, 0.3) is 0 Å². The Morgan fingerprint density at radius 2 is 2.29 bits per heavy atom. The first-order valence-electron chi connectivity index (χ1n) is 5.32. The SMILES string of the molecule is CC(C)c1nc(CCC2(N)CC2)co1. The number of nitrogens with two attached hydrogens (primary N) is 1. The molecule has 2 rings (SSSR count). The van der Waals surface area contributed by atoms with Gasteiger partial charge in [0.05, 0.1) is 5.69 Å². The van der Waals surface area contributed by atoms with Crippen LogP contribution in [0.5, 0.6) is 0 Å². The third-order valence-electron chi connectivity index (χ3n) is 2.83. The Hall–Kier alpha value is -0.830. The van der Waals surface area contributed by atoms with Gasteiger partial charge in [-0.15, -0.1) is 0 Å². The van der Waals surface area contributed by atoms with Crippen LogP contribution in [-0.4, -0.2) is 10.5 Å². The largest absolute Gasteiger partial charge is 0.448 e. The van der Waals surface area contributed by atoms with Crippen LogP contribution in [-0.2, 0) is 6.42 Å². The summed E-state index contributed by atoms with van der Waals surface area (Å²) in [6.45, 7) is 4.17. The van der Waals surface area contributed by atoms with Gasteiger partial charge in [-0.1, -0.05) is 13.8 Å². The van der Waals surface area contributed by atoms with Gasteiger partial charge < -0.3 is 10.2 Å². The van der Waals surface area contributed by atoms with E-state index in [9.17, 15) is 0 Å². The van der Waals surface area contributed by atoms with Gasteiger partial charge in [-0.05, 0) is 25.7 Å². The maximum atomic E-state index is 6.00. The zero-order chi connectivity index (χ0) is 10.2. The molecular weight excluding hydrogens is 176 g/mol. The molecule has 3 nitrogen and oxygen atoms in total. The van der Waals surface area contributed by atoms with E-state index in [0.717, 1.165) is 24.4 Å². The second kappa shape index (κ2) is 3.39. The van der Waals surface area contributed by atoms with Crippen LogP contribution in [0.25, 0.3) is 0 Å². The fraction of sp³-hybridized carbons (Fsp3) is 0.727. The van der Waals surface area contributed by atoms with Crippen molar-refractivity contribution in [3.63, 3.8) is 0 Å². The van der Waals surface area contributed by atoms with Crippen molar-refractivity contribution in [1.82, 2.24) is 4.98 Å². The van der Waals surface area contributed by atoms with Crippen molar-refractivity contribution in [3.8, 4) is 0 Å². The lowest BCUT2D eigenvalue weighted by molar-refractivity contribution is 0.470. The monoisotopic (exact) mass is 194 g/mol. The molecule has 0 saturated heterocycles. The molecule has 78 valence electrons. The molecule has 0 amide bonds. The van der Waals surface area contributed by atoms with Gasteiger partial charge in [0.2, 0.25) is 0 Å². The van der Waals surface area contributed by atoms with Crippen LogP contribution in [0.2, 0.25) is 0 Å². The molecule has 1 fully saturated rings. The number of aromatic nitrogens is 1. The first-order valence-corrected chi connectivity index (χ1v) is 5.32. The van der Waals surface area contributed by atoms with Crippen LogP contribution in [0.15, 0.2) is 10.7 Å². The zero-order valence-electron chi connectivity index (χ0n) is 8.92. The molecule has 0 bridgehead atoms. The summed E-state index contributed by atoms with van der Waals surface area (Å²) in [5, 5.41) is 0. The van der Waals surface area contributed by atoms with Crippen LogP contribution < -0.4 is 5.73 Å². The minimum atomic E-state index is 0.122. The minimum Gasteiger partial charge on any atom is -0.448 e. The van der Waals surface area contributed by atoms with Crippen molar-refractivity contribution in [2.24, 2.45) is 5.73 Å². The van der Waals surface area contributed by atoms with Gasteiger partial charge in [0.1, 0.15) is 6.26 Å². The maximum absolute atomic E-state index is 6.00. The molecule has 1 aromatic heterocycles. The topological polar surface area (TPSA) is 52.0 Å². The fourth-order valence-electron chi connectivity index (χ4n) is 1.49. The highest BCUT2D eigenvalue weighted by molar-refractivity contribution is 5.05. The zero-order valence-corrected chi connectivity index (χ0v) is 8.92. The third kappa shape index (κ3) is 2.15. The summed E-state index contributed by atoms with van der Waals surface area (Å²) in [7, 11) is 0. The Labute approximate surface area is 84.7 Å². The van der Waals surface area contributed by atoms with Gasteiger partial charge in [0.15, 0.2) is 5.89 Å². The first-order chi connectivity index (χ1) is 6.59. The second-order valence-electron chi connectivity index (χ2n) is 4.69. The van der Waals surface area contributed by atoms with Crippen LogP contribution in [0.1, 0.15) is 50.6 Å². The van der Waals surface area contributed by atoms with Crippen LogP contribution in [0.3, 0.4) is 0 Å². The van der Waals surface area contributed by atoms with E-state index in [1.54, 1.807) is 6.26 Å². The molecule has 1 aliphatic carbocycles. The number of oxazole rings is 1. The average Bonchev–Trinajstić information content (AvgIpc) is 2.68. The number of hydrogen-bond donors (Lipinski definition) is 1. The number of nitrogens with zero attached hydrogens (tertiary/aromatic N) is 1. The van der Waals surface area contributed by atoms with E-state index >= 15 is 0 Å². The third-order valence-corrected chi connectivity index (χ3v) is 2.83. The molecule has 1 aromatic rings. The van der Waals surface area contributed by atoms with Gasteiger partial charge in [0, 0.05) is 11.5 Å². The number of rotatable bonds is 4. The molecule has 0 aromatic carbocycles. The standard InChI is InChI=1S/C11H18N2O/c1-8(2)10-13-9(7-14-10)3-4-11(12)5-6-11/h7-8H,3-6,12H2,1-2H3. The normalized spacial score (nSPS) is 18.9. The predicted octanol–water partition coefficient (Wildman–Crippen LogP) is 2.22. The van der Waals surface area contributed by atoms with E-state index in [0.29, 0.717) is 5.92 Å². The molecule has 0 radical (unpaired) electrons. The Balaban J connectivity index is 1.90. The molecular formula is C11H18N2O. The summed E-state index contributed by atoms with van der Waals surface area (Å²) in [4.78, 5) is 4.42. The van der Waals surface area contributed by atoms with Crippen molar-refractivity contribution in [2.45, 2.75) is 51.0 Å². The highest BCUT2D eigenvalue weighted by atomic mass is 16.3. The Morgan fingerprint density at radius 1 is 1.57 bits per heavy atom. The van der Waals surface area contributed by atoms with E-state index in [-0.39, 0.29) is 5.54 Å². The van der Waals surface area contributed by atoms with E-state index in [2.05, 4.69) is 18.8 Å². The molecule has 3 heteroatoms.